The van der Waals surface area contributed by atoms with Crippen molar-refractivity contribution in [3.05, 3.63) is 57.0 Å². The molecule has 0 aromatic heterocycles. The second-order valence-corrected chi connectivity index (χ2v) is 5.78. The Kier molecular flexibility index (Phi) is 4.50. The molecule has 1 atom stereocenters. The van der Waals surface area contributed by atoms with E-state index in [-0.39, 0.29) is 6.04 Å². The van der Waals surface area contributed by atoms with Crippen molar-refractivity contribution in [2.45, 2.75) is 19.9 Å². The summed E-state index contributed by atoms with van der Waals surface area (Å²) in [5, 5.41) is 0.558. The molecular formula is C15H15BrClNO. The highest BCUT2D eigenvalue weighted by Gasteiger charge is 2.09. The maximum atomic E-state index is 6.21. The Balaban J connectivity index is 2.28. The summed E-state index contributed by atoms with van der Waals surface area (Å²) in [4.78, 5) is 0. The molecule has 0 aliphatic carbocycles. The van der Waals surface area contributed by atoms with Gasteiger partial charge in [-0.1, -0.05) is 23.7 Å². The molecule has 0 saturated carbocycles. The highest BCUT2D eigenvalue weighted by molar-refractivity contribution is 9.10. The van der Waals surface area contributed by atoms with Crippen LogP contribution >= 0.6 is 27.5 Å². The monoisotopic (exact) mass is 339 g/mol. The molecule has 0 aliphatic rings. The van der Waals surface area contributed by atoms with Crippen molar-refractivity contribution >= 4 is 27.5 Å². The zero-order valence-corrected chi connectivity index (χ0v) is 13.1. The van der Waals surface area contributed by atoms with Crippen molar-refractivity contribution in [1.29, 1.82) is 0 Å². The second-order valence-electron chi connectivity index (χ2n) is 4.51. The largest absolute Gasteiger partial charge is 0.455 e. The van der Waals surface area contributed by atoms with Crippen LogP contribution < -0.4 is 10.5 Å². The normalized spacial score (nSPS) is 12.3. The van der Waals surface area contributed by atoms with Crippen molar-refractivity contribution in [3.63, 3.8) is 0 Å². The highest BCUT2D eigenvalue weighted by atomic mass is 79.9. The minimum Gasteiger partial charge on any atom is -0.455 e. The summed E-state index contributed by atoms with van der Waals surface area (Å²) < 4.78 is 6.71. The summed E-state index contributed by atoms with van der Waals surface area (Å²) >= 11 is 9.69. The molecule has 0 bridgehead atoms. The lowest BCUT2D eigenvalue weighted by Gasteiger charge is -2.12. The lowest BCUT2D eigenvalue weighted by molar-refractivity contribution is 0.479. The number of nitrogens with two attached hydrogens (primary N) is 1. The molecule has 0 aliphatic heterocycles. The molecule has 2 aromatic rings. The Morgan fingerprint density at radius 3 is 2.42 bits per heavy atom. The first-order valence-electron chi connectivity index (χ1n) is 5.96. The number of hydrogen-bond acceptors (Lipinski definition) is 2. The van der Waals surface area contributed by atoms with E-state index in [0.29, 0.717) is 10.8 Å². The van der Waals surface area contributed by atoms with E-state index in [1.165, 1.54) is 0 Å². The average Bonchev–Trinajstić information content (AvgIpc) is 2.34. The minimum absolute atomic E-state index is 0.0438. The van der Waals surface area contributed by atoms with Gasteiger partial charge in [0.15, 0.2) is 0 Å². The lowest BCUT2D eigenvalue weighted by Crippen LogP contribution is -2.04. The van der Waals surface area contributed by atoms with Gasteiger partial charge >= 0.3 is 0 Å². The summed E-state index contributed by atoms with van der Waals surface area (Å²) in [6, 6.07) is 11.5. The molecule has 2 rings (SSSR count). The Labute approximate surface area is 126 Å². The summed E-state index contributed by atoms with van der Waals surface area (Å²) in [6.45, 7) is 3.95. The molecule has 0 fully saturated rings. The topological polar surface area (TPSA) is 35.2 Å². The summed E-state index contributed by atoms with van der Waals surface area (Å²) in [5.74, 6) is 1.36. The van der Waals surface area contributed by atoms with Crippen molar-refractivity contribution in [3.8, 4) is 11.5 Å². The number of rotatable bonds is 3. The zero-order chi connectivity index (χ0) is 14.0. The number of hydrogen-bond donors (Lipinski definition) is 1. The fourth-order valence-corrected chi connectivity index (χ4v) is 2.49. The van der Waals surface area contributed by atoms with E-state index < -0.39 is 0 Å². The predicted octanol–water partition coefficient (Wildman–Crippen LogP) is 5.22. The minimum atomic E-state index is -0.0438. The zero-order valence-electron chi connectivity index (χ0n) is 10.8. The van der Waals surface area contributed by atoms with E-state index in [0.717, 1.165) is 21.3 Å². The van der Waals surface area contributed by atoms with Crippen LogP contribution in [0.2, 0.25) is 5.02 Å². The molecule has 0 heterocycles. The molecule has 2 aromatic carbocycles. The standard InChI is InChI=1S/C15H15BrClNO/c1-9-3-5-14(12(16)7-9)19-15-6-4-11(10(2)18)8-13(15)17/h3-8,10H,18H2,1-2H3/t10-/m0/s1. The molecule has 0 radical (unpaired) electrons. The molecule has 0 spiro atoms. The van der Waals surface area contributed by atoms with Crippen LogP contribution in [0.1, 0.15) is 24.1 Å². The van der Waals surface area contributed by atoms with Crippen LogP contribution in [0.15, 0.2) is 40.9 Å². The fraction of sp³-hybridized carbons (Fsp3) is 0.200. The van der Waals surface area contributed by atoms with Crippen molar-refractivity contribution in [2.75, 3.05) is 0 Å². The third-order valence-corrected chi connectivity index (χ3v) is 3.70. The molecule has 4 heteroatoms. The Morgan fingerprint density at radius 1 is 1.16 bits per heavy atom. The van der Waals surface area contributed by atoms with E-state index in [1.54, 1.807) is 0 Å². The van der Waals surface area contributed by atoms with Gasteiger partial charge in [0.2, 0.25) is 0 Å². The van der Waals surface area contributed by atoms with Crippen molar-refractivity contribution in [1.82, 2.24) is 0 Å². The maximum absolute atomic E-state index is 6.21. The van der Waals surface area contributed by atoms with Crippen LogP contribution in [-0.2, 0) is 0 Å². The van der Waals surface area contributed by atoms with Gasteiger partial charge in [-0.15, -0.1) is 0 Å². The first-order chi connectivity index (χ1) is 8.97. The third-order valence-electron chi connectivity index (χ3n) is 2.79. The lowest BCUT2D eigenvalue weighted by atomic mass is 10.1. The van der Waals surface area contributed by atoms with Crippen LogP contribution in [0.25, 0.3) is 0 Å². The van der Waals surface area contributed by atoms with E-state index in [4.69, 9.17) is 22.1 Å². The molecule has 19 heavy (non-hydrogen) atoms. The van der Waals surface area contributed by atoms with E-state index in [2.05, 4.69) is 15.9 Å². The number of aryl methyl sites for hydroxylation is 1. The molecular weight excluding hydrogens is 326 g/mol. The van der Waals surface area contributed by atoms with Gasteiger partial charge in [0.25, 0.3) is 0 Å². The second kappa shape index (κ2) is 5.95. The average molecular weight is 341 g/mol. The van der Waals surface area contributed by atoms with Gasteiger partial charge in [-0.05, 0) is 65.2 Å². The van der Waals surface area contributed by atoms with Crippen LogP contribution in [-0.4, -0.2) is 0 Å². The third kappa shape index (κ3) is 3.50. The van der Waals surface area contributed by atoms with Crippen LogP contribution in [0, 0.1) is 6.92 Å². The van der Waals surface area contributed by atoms with Crippen LogP contribution in [0.5, 0.6) is 11.5 Å². The van der Waals surface area contributed by atoms with Gasteiger partial charge in [-0.3, -0.25) is 0 Å². The Hall–Kier alpha value is -1.03. The first-order valence-corrected chi connectivity index (χ1v) is 7.13. The van der Waals surface area contributed by atoms with Gasteiger partial charge in [0.1, 0.15) is 11.5 Å². The predicted molar refractivity (Wildman–Crippen MR) is 83.0 cm³/mol. The molecule has 2 nitrogen and oxygen atoms in total. The first kappa shape index (κ1) is 14.4. The van der Waals surface area contributed by atoms with Crippen molar-refractivity contribution in [2.24, 2.45) is 5.73 Å². The van der Waals surface area contributed by atoms with Gasteiger partial charge in [0, 0.05) is 6.04 Å². The maximum Gasteiger partial charge on any atom is 0.146 e. The van der Waals surface area contributed by atoms with Gasteiger partial charge in [-0.2, -0.15) is 0 Å². The number of halogens is 2. The van der Waals surface area contributed by atoms with Gasteiger partial charge < -0.3 is 10.5 Å². The molecule has 0 saturated heterocycles. The summed E-state index contributed by atoms with van der Waals surface area (Å²) in [6.07, 6.45) is 0. The molecule has 0 amide bonds. The molecule has 2 N–H and O–H groups in total. The fourth-order valence-electron chi connectivity index (χ4n) is 1.69. The number of benzene rings is 2. The summed E-state index contributed by atoms with van der Waals surface area (Å²) in [7, 11) is 0. The van der Waals surface area contributed by atoms with Gasteiger partial charge in [0.05, 0.1) is 9.50 Å². The highest BCUT2D eigenvalue weighted by Crippen LogP contribution is 2.35. The van der Waals surface area contributed by atoms with Crippen LogP contribution in [0.3, 0.4) is 0 Å². The van der Waals surface area contributed by atoms with E-state index >= 15 is 0 Å². The van der Waals surface area contributed by atoms with Crippen LogP contribution in [0.4, 0.5) is 0 Å². The van der Waals surface area contributed by atoms with E-state index in [9.17, 15) is 0 Å². The SMILES string of the molecule is Cc1ccc(Oc2ccc([C@H](C)N)cc2Cl)c(Br)c1. The molecule has 0 unspecified atom stereocenters. The van der Waals surface area contributed by atoms with Crippen molar-refractivity contribution < 1.29 is 4.74 Å². The Bertz CT molecular complexity index is 599. The van der Waals surface area contributed by atoms with Gasteiger partial charge in [-0.25, -0.2) is 0 Å². The smallest absolute Gasteiger partial charge is 0.146 e. The van der Waals surface area contributed by atoms with E-state index in [1.807, 2.05) is 50.2 Å². The summed E-state index contributed by atoms with van der Waals surface area (Å²) in [5.41, 5.74) is 7.97. The molecule has 100 valence electrons. The Morgan fingerprint density at radius 2 is 1.84 bits per heavy atom. The number of ether oxygens (including phenoxy) is 1. The quantitative estimate of drug-likeness (QED) is 0.831.